The van der Waals surface area contributed by atoms with E-state index in [1.165, 1.54) is 12.1 Å². The molecule has 21 heavy (non-hydrogen) atoms. The van der Waals surface area contributed by atoms with Crippen molar-refractivity contribution < 1.29 is 19.0 Å². The molecule has 1 N–H and O–H groups in total. The molecule has 1 aromatic heterocycles. The van der Waals surface area contributed by atoms with Gasteiger partial charge in [-0.1, -0.05) is 19.4 Å². The Labute approximate surface area is 120 Å². The number of tetrazole rings is 1. The summed E-state index contributed by atoms with van der Waals surface area (Å²) < 4.78 is 20.5. The van der Waals surface area contributed by atoms with Gasteiger partial charge in [0.2, 0.25) is 0 Å². The zero-order chi connectivity index (χ0) is 15.2. The Kier molecular flexibility index (Phi) is 4.81. The molecule has 2 aromatic rings. The van der Waals surface area contributed by atoms with E-state index in [1.54, 1.807) is 4.68 Å². The third-order valence-electron chi connectivity index (χ3n) is 2.88. The number of ether oxygens (including phenoxy) is 1. The van der Waals surface area contributed by atoms with Crippen LogP contribution in [0.1, 0.15) is 35.9 Å². The standard InChI is InChI=1S/C13H15FN4O3/c1-2-3-7-18-11(15-16-17-18)8-21-10-6-4-5-9(14)12(10)13(19)20/h4-6H,2-3,7-8H2,1H3,(H,19,20). The van der Waals surface area contributed by atoms with E-state index in [4.69, 9.17) is 9.84 Å². The Hall–Kier alpha value is -2.51. The van der Waals surface area contributed by atoms with Crippen LogP contribution in [-0.4, -0.2) is 31.3 Å². The molecule has 0 spiro atoms. The van der Waals surface area contributed by atoms with Crippen molar-refractivity contribution in [3.8, 4) is 5.75 Å². The molecule has 0 aliphatic heterocycles. The van der Waals surface area contributed by atoms with Crippen molar-refractivity contribution in [2.24, 2.45) is 0 Å². The van der Waals surface area contributed by atoms with Gasteiger partial charge in [0.05, 0.1) is 0 Å². The molecule has 0 unspecified atom stereocenters. The Morgan fingerprint density at radius 1 is 1.48 bits per heavy atom. The van der Waals surface area contributed by atoms with E-state index in [9.17, 15) is 9.18 Å². The van der Waals surface area contributed by atoms with Gasteiger partial charge < -0.3 is 9.84 Å². The predicted octanol–water partition coefficient (Wildman–Crippen LogP) is 1.89. The van der Waals surface area contributed by atoms with E-state index in [-0.39, 0.29) is 12.4 Å². The van der Waals surface area contributed by atoms with Gasteiger partial charge in [0.25, 0.3) is 0 Å². The fourth-order valence-electron chi connectivity index (χ4n) is 1.78. The van der Waals surface area contributed by atoms with Gasteiger partial charge in [-0.05, 0) is 29.0 Å². The number of carboxylic acid groups (broad SMARTS) is 1. The number of benzene rings is 1. The minimum Gasteiger partial charge on any atom is -0.485 e. The van der Waals surface area contributed by atoms with Gasteiger partial charge in [0, 0.05) is 6.54 Å². The van der Waals surface area contributed by atoms with Gasteiger partial charge in [-0.3, -0.25) is 0 Å². The average molecular weight is 294 g/mol. The molecule has 1 heterocycles. The van der Waals surface area contributed by atoms with Crippen molar-refractivity contribution >= 4 is 5.97 Å². The minimum atomic E-state index is -1.38. The van der Waals surface area contributed by atoms with E-state index in [0.717, 1.165) is 18.9 Å². The third-order valence-corrected chi connectivity index (χ3v) is 2.88. The fourth-order valence-corrected chi connectivity index (χ4v) is 1.78. The summed E-state index contributed by atoms with van der Waals surface area (Å²) >= 11 is 0. The third kappa shape index (κ3) is 3.53. The number of nitrogens with zero attached hydrogens (tertiary/aromatic N) is 4. The number of unbranched alkanes of at least 4 members (excludes halogenated alkanes) is 1. The highest BCUT2D eigenvalue weighted by Crippen LogP contribution is 2.22. The highest BCUT2D eigenvalue weighted by molar-refractivity contribution is 5.91. The average Bonchev–Trinajstić information content (AvgIpc) is 2.89. The molecule has 7 nitrogen and oxygen atoms in total. The lowest BCUT2D eigenvalue weighted by Crippen LogP contribution is -2.11. The molecule has 0 bridgehead atoms. The van der Waals surface area contributed by atoms with Crippen LogP contribution in [0.25, 0.3) is 0 Å². The molecule has 112 valence electrons. The molecule has 0 saturated carbocycles. The molecule has 0 aliphatic rings. The first-order valence-corrected chi connectivity index (χ1v) is 6.53. The van der Waals surface area contributed by atoms with Crippen molar-refractivity contribution in [2.75, 3.05) is 0 Å². The lowest BCUT2D eigenvalue weighted by atomic mass is 10.2. The van der Waals surface area contributed by atoms with Gasteiger partial charge in [-0.2, -0.15) is 0 Å². The largest absolute Gasteiger partial charge is 0.485 e. The summed E-state index contributed by atoms with van der Waals surface area (Å²) in [5, 5.41) is 20.2. The summed E-state index contributed by atoms with van der Waals surface area (Å²) in [4.78, 5) is 11.0. The monoisotopic (exact) mass is 294 g/mol. The number of aromatic carboxylic acids is 1. The molecular formula is C13H15FN4O3. The zero-order valence-corrected chi connectivity index (χ0v) is 11.5. The van der Waals surface area contributed by atoms with Crippen LogP contribution in [-0.2, 0) is 13.2 Å². The molecule has 0 fully saturated rings. The molecule has 0 radical (unpaired) electrons. The van der Waals surface area contributed by atoms with Gasteiger partial charge >= 0.3 is 5.97 Å². The first-order valence-electron chi connectivity index (χ1n) is 6.53. The van der Waals surface area contributed by atoms with Crippen LogP contribution < -0.4 is 4.74 Å². The summed E-state index contributed by atoms with van der Waals surface area (Å²) in [6, 6.07) is 3.85. The molecule has 8 heteroatoms. The normalized spacial score (nSPS) is 10.6. The predicted molar refractivity (Wildman–Crippen MR) is 70.4 cm³/mol. The maximum atomic E-state index is 13.5. The number of aromatic nitrogens is 4. The first-order chi connectivity index (χ1) is 10.1. The smallest absolute Gasteiger partial charge is 0.342 e. The van der Waals surface area contributed by atoms with Crippen molar-refractivity contribution in [1.29, 1.82) is 0 Å². The van der Waals surface area contributed by atoms with Crippen LogP contribution in [0.5, 0.6) is 5.75 Å². The van der Waals surface area contributed by atoms with Crippen LogP contribution >= 0.6 is 0 Å². The molecule has 1 aromatic carbocycles. The van der Waals surface area contributed by atoms with Crippen LogP contribution in [0.4, 0.5) is 4.39 Å². The van der Waals surface area contributed by atoms with Gasteiger partial charge in [0.1, 0.15) is 23.7 Å². The SMILES string of the molecule is CCCCn1nnnc1COc1cccc(F)c1C(=O)O. The lowest BCUT2D eigenvalue weighted by molar-refractivity contribution is 0.0686. The Morgan fingerprint density at radius 2 is 2.29 bits per heavy atom. The Morgan fingerprint density at radius 3 is 3.00 bits per heavy atom. The molecule has 0 aliphatic carbocycles. The number of rotatable bonds is 7. The van der Waals surface area contributed by atoms with Gasteiger partial charge in [-0.25, -0.2) is 13.9 Å². The molecular weight excluding hydrogens is 279 g/mol. The molecule has 0 atom stereocenters. The van der Waals surface area contributed by atoms with Gasteiger partial charge in [0.15, 0.2) is 5.82 Å². The lowest BCUT2D eigenvalue weighted by Gasteiger charge is -2.09. The van der Waals surface area contributed by atoms with E-state index >= 15 is 0 Å². The Bertz CT molecular complexity index is 630. The number of hydrogen-bond donors (Lipinski definition) is 1. The summed E-state index contributed by atoms with van der Waals surface area (Å²) in [5.74, 6) is -1.81. The van der Waals surface area contributed by atoms with Crippen LogP contribution in [0.15, 0.2) is 18.2 Å². The summed E-state index contributed by atoms with van der Waals surface area (Å²) in [6.45, 7) is 2.67. The van der Waals surface area contributed by atoms with Crippen molar-refractivity contribution in [1.82, 2.24) is 20.2 Å². The number of hydrogen-bond acceptors (Lipinski definition) is 5. The summed E-state index contributed by atoms with van der Waals surface area (Å²) in [7, 11) is 0. The molecule has 2 rings (SSSR count). The maximum absolute atomic E-state index is 13.5. The summed E-state index contributed by atoms with van der Waals surface area (Å²) in [6.07, 6.45) is 1.91. The number of carbonyl (C=O) groups is 1. The number of carboxylic acids is 1. The highest BCUT2D eigenvalue weighted by Gasteiger charge is 2.17. The van der Waals surface area contributed by atoms with E-state index in [2.05, 4.69) is 15.5 Å². The highest BCUT2D eigenvalue weighted by atomic mass is 19.1. The second kappa shape index (κ2) is 6.78. The van der Waals surface area contributed by atoms with Crippen LogP contribution in [0.2, 0.25) is 0 Å². The van der Waals surface area contributed by atoms with Crippen molar-refractivity contribution in [2.45, 2.75) is 32.9 Å². The number of aryl methyl sites for hydroxylation is 1. The second-order valence-electron chi connectivity index (χ2n) is 4.38. The van der Waals surface area contributed by atoms with Crippen molar-refractivity contribution in [3.05, 3.63) is 35.4 Å². The minimum absolute atomic E-state index is 0.0273. The fraction of sp³-hybridized carbons (Fsp3) is 0.385. The topological polar surface area (TPSA) is 90.1 Å². The van der Waals surface area contributed by atoms with E-state index in [0.29, 0.717) is 12.4 Å². The zero-order valence-electron chi connectivity index (χ0n) is 11.5. The van der Waals surface area contributed by atoms with Crippen LogP contribution in [0, 0.1) is 5.82 Å². The van der Waals surface area contributed by atoms with Gasteiger partial charge in [-0.15, -0.1) is 5.10 Å². The van der Waals surface area contributed by atoms with Crippen molar-refractivity contribution in [3.63, 3.8) is 0 Å². The van der Waals surface area contributed by atoms with E-state index in [1.807, 2.05) is 6.92 Å². The Balaban J connectivity index is 2.12. The second-order valence-corrected chi connectivity index (χ2v) is 4.38. The van der Waals surface area contributed by atoms with E-state index < -0.39 is 17.3 Å². The number of halogens is 1. The summed E-state index contributed by atoms with van der Waals surface area (Å²) in [5.41, 5.74) is -0.495. The maximum Gasteiger partial charge on any atom is 0.342 e. The van der Waals surface area contributed by atoms with Crippen LogP contribution in [0.3, 0.4) is 0 Å². The first kappa shape index (κ1) is 14.9. The molecule has 0 amide bonds. The molecule has 0 saturated heterocycles. The quantitative estimate of drug-likeness (QED) is 0.838.